The van der Waals surface area contributed by atoms with Gasteiger partial charge in [-0.1, -0.05) is 18.2 Å². The third kappa shape index (κ3) is 2.40. The minimum Gasteiger partial charge on any atom is -0.384 e. The van der Waals surface area contributed by atoms with Gasteiger partial charge in [0.25, 0.3) is 0 Å². The molecular formula is C16H23N3O. The number of fused-ring (bicyclic) bond motifs is 1. The average Bonchev–Trinajstić information content (AvgIpc) is 2.90. The Labute approximate surface area is 120 Å². The second kappa shape index (κ2) is 5.44. The summed E-state index contributed by atoms with van der Waals surface area (Å²) in [6.45, 7) is 2.52. The predicted molar refractivity (Wildman–Crippen MR) is 81.0 cm³/mol. The summed E-state index contributed by atoms with van der Waals surface area (Å²) in [4.78, 5) is 17.0. The highest BCUT2D eigenvalue weighted by Gasteiger charge is 2.33. The van der Waals surface area contributed by atoms with E-state index < -0.39 is 0 Å². The largest absolute Gasteiger partial charge is 0.384 e. The number of carbonyl (C=O) groups excluding carboxylic acids is 1. The molecular weight excluding hydrogens is 250 g/mol. The lowest BCUT2D eigenvalue weighted by atomic mass is 9.97. The van der Waals surface area contributed by atoms with Crippen molar-refractivity contribution in [3.05, 3.63) is 29.8 Å². The average molecular weight is 273 g/mol. The summed E-state index contributed by atoms with van der Waals surface area (Å²) < 4.78 is 0. The number of anilines is 1. The van der Waals surface area contributed by atoms with Gasteiger partial charge in [-0.3, -0.25) is 4.79 Å². The van der Waals surface area contributed by atoms with Crippen molar-refractivity contribution in [3.8, 4) is 0 Å². The zero-order chi connectivity index (χ0) is 14.1. The first-order chi connectivity index (χ1) is 9.66. The second-order valence-electron chi connectivity index (χ2n) is 6.04. The molecule has 0 aliphatic carbocycles. The Morgan fingerprint density at radius 2 is 1.95 bits per heavy atom. The number of rotatable bonds is 2. The summed E-state index contributed by atoms with van der Waals surface area (Å²) in [7, 11) is 4.25. The van der Waals surface area contributed by atoms with E-state index in [-0.39, 0.29) is 5.92 Å². The Kier molecular flexibility index (Phi) is 3.66. The Morgan fingerprint density at radius 3 is 2.65 bits per heavy atom. The first kappa shape index (κ1) is 13.4. The third-order valence-corrected chi connectivity index (χ3v) is 4.64. The number of benzene rings is 1. The first-order valence-corrected chi connectivity index (χ1v) is 7.45. The quantitative estimate of drug-likeness (QED) is 0.891. The molecule has 2 aliphatic rings. The molecule has 1 saturated heterocycles. The highest BCUT2D eigenvalue weighted by atomic mass is 16.2. The minimum absolute atomic E-state index is 0.00195. The number of amides is 1. The van der Waals surface area contributed by atoms with Crippen LogP contribution in [0.15, 0.2) is 24.3 Å². The van der Waals surface area contributed by atoms with Crippen molar-refractivity contribution in [2.45, 2.75) is 24.8 Å². The van der Waals surface area contributed by atoms with Crippen LogP contribution in [0, 0.1) is 0 Å². The number of carbonyl (C=O) groups is 1. The van der Waals surface area contributed by atoms with Gasteiger partial charge < -0.3 is 15.1 Å². The molecule has 1 fully saturated rings. The van der Waals surface area contributed by atoms with E-state index in [1.165, 1.54) is 0 Å². The summed E-state index contributed by atoms with van der Waals surface area (Å²) in [6.07, 6.45) is 2.17. The van der Waals surface area contributed by atoms with Gasteiger partial charge in [0.05, 0.1) is 5.92 Å². The van der Waals surface area contributed by atoms with Crippen LogP contribution in [-0.4, -0.2) is 55.5 Å². The van der Waals surface area contributed by atoms with Crippen molar-refractivity contribution >= 4 is 11.6 Å². The molecule has 20 heavy (non-hydrogen) atoms. The topological polar surface area (TPSA) is 35.6 Å². The number of hydrogen-bond acceptors (Lipinski definition) is 3. The molecule has 1 atom stereocenters. The van der Waals surface area contributed by atoms with Gasteiger partial charge >= 0.3 is 0 Å². The van der Waals surface area contributed by atoms with Crippen molar-refractivity contribution in [3.63, 3.8) is 0 Å². The molecule has 0 spiro atoms. The molecule has 1 amide bonds. The summed E-state index contributed by atoms with van der Waals surface area (Å²) in [6, 6.07) is 8.78. The Hall–Kier alpha value is -1.55. The van der Waals surface area contributed by atoms with Crippen molar-refractivity contribution in [1.82, 2.24) is 9.80 Å². The Bertz CT molecular complexity index is 492. The van der Waals surface area contributed by atoms with Crippen molar-refractivity contribution < 1.29 is 4.79 Å². The van der Waals surface area contributed by atoms with Crippen LogP contribution in [0.2, 0.25) is 0 Å². The molecule has 0 radical (unpaired) electrons. The number of para-hydroxylation sites is 1. The fourth-order valence-corrected chi connectivity index (χ4v) is 3.33. The SMILES string of the molecule is CN(C)C1CCN(C(=O)C2CNc3ccccc32)CC1. The summed E-state index contributed by atoms with van der Waals surface area (Å²) in [5.41, 5.74) is 2.28. The number of nitrogens with zero attached hydrogens (tertiary/aromatic N) is 2. The number of piperidine rings is 1. The van der Waals surface area contributed by atoms with Crippen molar-refractivity contribution in [2.75, 3.05) is 39.0 Å². The van der Waals surface area contributed by atoms with Crippen LogP contribution >= 0.6 is 0 Å². The molecule has 0 aromatic heterocycles. The Balaban J connectivity index is 1.67. The van der Waals surface area contributed by atoms with Crippen molar-refractivity contribution in [1.29, 1.82) is 0 Å². The minimum atomic E-state index is 0.00195. The summed E-state index contributed by atoms with van der Waals surface area (Å²) in [5, 5.41) is 3.34. The van der Waals surface area contributed by atoms with Crippen LogP contribution in [0.1, 0.15) is 24.3 Å². The summed E-state index contributed by atoms with van der Waals surface area (Å²) in [5.74, 6) is 0.293. The van der Waals surface area contributed by atoms with E-state index in [1.807, 2.05) is 12.1 Å². The Morgan fingerprint density at radius 1 is 1.25 bits per heavy atom. The normalized spacial score (nSPS) is 22.8. The lowest BCUT2D eigenvalue weighted by molar-refractivity contribution is -0.133. The molecule has 2 aliphatic heterocycles. The number of nitrogens with one attached hydrogen (secondary N) is 1. The van der Waals surface area contributed by atoms with E-state index in [1.54, 1.807) is 0 Å². The third-order valence-electron chi connectivity index (χ3n) is 4.64. The highest BCUT2D eigenvalue weighted by Crippen LogP contribution is 2.33. The molecule has 1 N–H and O–H groups in total. The number of likely N-dealkylation sites (tertiary alicyclic amines) is 1. The van der Waals surface area contributed by atoms with Crippen LogP contribution in [0.3, 0.4) is 0 Å². The molecule has 108 valence electrons. The van der Waals surface area contributed by atoms with E-state index in [4.69, 9.17) is 0 Å². The van der Waals surface area contributed by atoms with E-state index in [0.29, 0.717) is 11.9 Å². The second-order valence-corrected chi connectivity index (χ2v) is 6.04. The molecule has 1 aromatic carbocycles. The van der Waals surface area contributed by atoms with E-state index in [2.05, 4.69) is 41.3 Å². The lowest BCUT2D eigenvalue weighted by Gasteiger charge is -2.36. The zero-order valence-electron chi connectivity index (χ0n) is 12.3. The predicted octanol–water partition coefficient (Wildman–Crippen LogP) is 1.75. The van der Waals surface area contributed by atoms with Gasteiger partial charge in [0.1, 0.15) is 0 Å². The maximum atomic E-state index is 12.7. The van der Waals surface area contributed by atoms with Gasteiger partial charge in [-0.05, 0) is 38.6 Å². The maximum absolute atomic E-state index is 12.7. The highest BCUT2D eigenvalue weighted by molar-refractivity contribution is 5.88. The van der Waals surface area contributed by atoms with E-state index in [9.17, 15) is 4.79 Å². The van der Waals surface area contributed by atoms with Crippen molar-refractivity contribution in [2.24, 2.45) is 0 Å². The van der Waals surface area contributed by atoms with Gasteiger partial charge in [-0.15, -0.1) is 0 Å². The van der Waals surface area contributed by atoms with Gasteiger partial charge in [-0.25, -0.2) is 0 Å². The smallest absolute Gasteiger partial charge is 0.231 e. The number of hydrogen-bond donors (Lipinski definition) is 1. The summed E-state index contributed by atoms with van der Waals surface area (Å²) >= 11 is 0. The van der Waals surface area contributed by atoms with Crippen LogP contribution in [0.25, 0.3) is 0 Å². The molecule has 3 rings (SSSR count). The van der Waals surface area contributed by atoms with Crippen LogP contribution in [0.4, 0.5) is 5.69 Å². The molecule has 4 nitrogen and oxygen atoms in total. The van der Waals surface area contributed by atoms with E-state index >= 15 is 0 Å². The fraction of sp³-hybridized carbons (Fsp3) is 0.562. The fourth-order valence-electron chi connectivity index (χ4n) is 3.33. The zero-order valence-corrected chi connectivity index (χ0v) is 12.3. The molecule has 1 unspecified atom stereocenters. The first-order valence-electron chi connectivity index (χ1n) is 7.45. The van der Waals surface area contributed by atoms with Gasteiger partial charge in [0, 0.05) is 31.4 Å². The van der Waals surface area contributed by atoms with Gasteiger partial charge in [0.15, 0.2) is 0 Å². The molecule has 0 saturated carbocycles. The molecule has 0 bridgehead atoms. The van der Waals surface area contributed by atoms with E-state index in [0.717, 1.165) is 43.7 Å². The standard InChI is InChI=1S/C16H23N3O/c1-18(2)12-7-9-19(10-8-12)16(20)14-11-17-15-6-4-3-5-13(14)15/h3-6,12,14,17H,7-11H2,1-2H3. The van der Waals surface area contributed by atoms with Gasteiger partial charge in [-0.2, -0.15) is 0 Å². The van der Waals surface area contributed by atoms with Crippen LogP contribution in [-0.2, 0) is 4.79 Å². The van der Waals surface area contributed by atoms with Gasteiger partial charge in [0.2, 0.25) is 5.91 Å². The molecule has 2 heterocycles. The van der Waals surface area contributed by atoms with Crippen LogP contribution < -0.4 is 5.32 Å². The molecule has 1 aromatic rings. The van der Waals surface area contributed by atoms with Crippen LogP contribution in [0.5, 0.6) is 0 Å². The maximum Gasteiger partial charge on any atom is 0.231 e. The monoisotopic (exact) mass is 273 g/mol. The lowest BCUT2D eigenvalue weighted by Crippen LogP contribution is -2.46. The molecule has 4 heteroatoms.